The Kier molecular flexibility index (Phi) is 9.77. The Labute approximate surface area is 350 Å². The molecule has 0 N–H and O–H groups in total. The molecule has 59 heavy (non-hydrogen) atoms. The normalized spacial score (nSPS) is 21.7. The lowest BCUT2D eigenvalue weighted by atomic mass is 9.81. The molecule has 0 amide bonds. The Bertz CT molecular complexity index is 2780. The second-order valence-corrected chi connectivity index (χ2v) is 18.8. The third-order valence-corrected chi connectivity index (χ3v) is 15.5. The van der Waals surface area contributed by atoms with Crippen molar-refractivity contribution in [2.75, 3.05) is 0 Å². The smallest absolute Gasteiger partial charge is 0.340 e. The van der Waals surface area contributed by atoms with E-state index in [1.807, 2.05) is 60.7 Å². The lowest BCUT2D eigenvalue weighted by Gasteiger charge is -2.20. The van der Waals surface area contributed by atoms with E-state index in [1.54, 1.807) is 12.1 Å². The predicted molar refractivity (Wildman–Crippen MR) is 229 cm³/mol. The number of Topliss-reactive ketones (excluding diaryl/α,β-unsaturated/α-hetero) is 4. The van der Waals surface area contributed by atoms with E-state index in [-0.39, 0.29) is 82.6 Å². The number of fused-ring (bicyclic) bond motifs is 6. The van der Waals surface area contributed by atoms with Crippen LogP contribution in [0.25, 0.3) is 29.6 Å². The summed E-state index contributed by atoms with van der Waals surface area (Å²) in [5.41, 5.74) is 1.88. The molecule has 4 atom stereocenters. The van der Waals surface area contributed by atoms with Crippen LogP contribution < -0.4 is 0 Å². The molecule has 4 fully saturated rings. The molecule has 0 spiro atoms. The van der Waals surface area contributed by atoms with Crippen molar-refractivity contribution in [3.63, 3.8) is 0 Å². The number of carbonyl (C=O) groups excluding carboxylic acids is 6. The highest BCUT2D eigenvalue weighted by molar-refractivity contribution is 7.34. The van der Waals surface area contributed by atoms with Crippen LogP contribution in [-0.4, -0.2) is 46.5 Å². The van der Waals surface area contributed by atoms with Crippen LogP contribution in [0.1, 0.15) is 83.2 Å². The van der Waals surface area contributed by atoms with E-state index >= 15 is 0 Å². The van der Waals surface area contributed by atoms with Gasteiger partial charge in [0.1, 0.15) is 23.2 Å². The third kappa shape index (κ3) is 6.59. The number of benzene rings is 3. The first kappa shape index (κ1) is 37.7. The summed E-state index contributed by atoms with van der Waals surface area (Å²) < 4.78 is 14.2. The molecular weight excluding hydrogens is 805 g/mol. The largest absolute Gasteiger partial charge is 0.457 e. The Hall–Kier alpha value is -5.50. The molecule has 10 nitrogen and oxygen atoms in total. The number of nitrogens with zero attached hydrogens (tertiary/aromatic N) is 2. The van der Waals surface area contributed by atoms with Crippen LogP contribution in [0.3, 0.4) is 0 Å². The molecular formula is C46H36N2O8S3. The Morgan fingerprint density at radius 1 is 0.542 bits per heavy atom. The van der Waals surface area contributed by atoms with Gasteiger partial charge in [-0.3, -0.25) is 19.2 Å². The Balaban J connectivity index is 1.15. The first-order chi connectivity index (χ1) is 28.7. The van der Waals surface area contributed by atoms with Gasteiger partial charge in [-0.1, -0.05) is 86.3 Å². The van der Waals surface area contributed by atoms with Crippen LogP contribution in [0.5, 0.6) is 0 Å². The second kappa shape index (κ2) is 15.3. The van der Waals surface area contributed by atoms with Crippen molar-refractivity contribution in [2.45, 2.75) is 64.6 Å². The van der Waals surface area contributed by atoms with Gasteiger partial charge in [-0.15, -0.1) is 34.0 Å². The Morgan fingerprint density at radius 3 is 1.47 bits per heavy atom. The minimum atomic E-state index is -0.640. The van der Waals surface area contributed by atoms with Gasteiger partial charge in [0.15, 0.2) is 34.6 Å². The number of thiophene rings is 3. The lowest BCUT2D eigenvalue weighted by molar-refractivity contribution is -0.120. The molecule has 13 heteroatoms. The summed E-state index contributed by atoms with van der Waals surface area (Å²) in [7, 11) is 0. The van der Waals surface area contributed by atoms with Crippen molar-refractivity contribution in [2.24, 2.45) is 33.7 Å². The molecule has 0 saturated heterocycles. The fourth-order valence-electron chi connectivity index (χ4n) is 9.27. The number of ketones is 4. The topological polar surface area (TPSA) is 146 Å². The van der Waals surface area contributed by atoms with Crippen LogP contribution in [0, 0.1) is 23.7 Å². The van der Waals surface area contributed by atoms with Gasteiger partial charge in [0.05, 0.1) is 25.2 Å². The maximum absolute atomic E-state index is 14.5. The summed E-state index contributed by atoms with van der Waals surface area (Å²) in [6, 6.07) is 22.0. The maximum atomic E-state index is 14.5. The molecule has 6 aromatic rings. The molecule has 0 radical (unpaired) electrons. The van der Waals surface area contributed by atoms with E-state index < -0.39 is 11.9 Å². The van der Waals surface area contributed by atoms with Crippen LogP contribution in [0.4, 0.5) is 10.0 Å². The Morgan fingerprint density at radius 2 is 0.983 bits per heavy atom. The summed E-state index contributed by atoms with van der Waals surface area (Å²) in [5, 5.41) is 1.59. The number of hydrogen-bond acceptors (Lipinski definition) is 13. The van der Waals surface area contributed by atoms with Gasteiger partial charge in [-0.2, -0.15) is 0 Å². The van der Waals surface area contributed by atoms with Crippen LogP contribution in [0.2, 0.25) is 0 Å². The van der Waals surface area contributed by atoms with Crippen molar-refractivity contribution in [1.82, 2.24) is 0 Å². The van der Waals surface area contributed by atoms with Crippen LogP contribution >= 0.6 is 34.0 Å². The summed E-state index contributed by atoms with van der Waals surface area (Å²) in [5.74, 6) is -3.57. The van der Waals surface area contributed by atoms with Gasteiger partial charge in [0, 0.05) is 39.1 Å². The molecule has 4 saturated carbocycles. The van der Waals surface area contributed by atoms with E-state index in [2.05, 4.69) is 9.98 Å². The maximum Gasteiger partial charge on any atom is 0.340 e. The molecule has 3 heterocycles. The highest BCUT2D eigenvalue weighted by Gasteiger charge is 2.49. The van der Waals surface area contributed by atoms with E-state index in [0.29, 0.717) is 65.3 Å². The molecule has 3 aromatic heterocycles. The molecule has 0 bridgehead atoms. The van der Waals surface area contributed by atoms with Crippen LogP contribution in [-0.2, 0) is 41.9 Å². The van der Waals surface area contributed by atoms with Gasteiger partial charge in [0.25, 0.3) is 0 Å². The molecule has 0 aliphatic heterocycles. The van der Waals surface area contributed by atoms with Gasteiger partial charge < -0.3 is 9.47 Å². The standard InChI is InChI=1S/C46H36N2O8S3/c49-38-25-15-7-8-16-26(25)39(50)36(38)47-31-19-29-33(45(53)55-21-23-11-3-1-4-12-23)44-34(35(42(29)58-31)46(54)56-22-24-13-5-2-6-14-24)43-30(57-44)20-32(59-43)48-37-40(51)27-17-9-10-18-28(27)41(37)52/h1-6,11-14,19-20,25-28H,7-10,15-18,21-22H2. The van der Waals surface area contributed by atoms with Crippen LogP contribution in [0.15, 0.2) is 82.8 Å². The monoisotopic (exact) mass is 840 g/mol. The zero-order chi connectivity index (χ0) is 40.4. The first-order valence-corrected chi connectivity index (χ1v) is 22.4. The molecule has 4 aliphatic carbocycles. The fraction of sp³-hybridized carbons (Fsp3) is 0.304. The number of ether oxygens (including phenoxy) is 2. The number of esters is 2. The van der Waals surface area contributed by atoms with Gasteiger partial charge in [0.2, 0.25) is 0 Å². The minimum Gasteiger partial charge on any atom is -0.457 e. The predicted octanol–water partition coefficient (Wildman–Crippen LogP) is 10.1. The van der Waals surface area contributed by atoms with Crippen molar-refractivity contribution in [3.8, 4) is 0 Å². The molecule has 4 unspecified atom stereocenters. The average molecular weight is 841 g/mol. The van der Waals surface area contributed by atoms with Gasteiger partial charge in [-0.05, 0) is 48.9 Å². The van der Waals surface area contributed by atoms with Gasteiger partial charge in [-0.25, -0.2) is 19.6 Å². The number of rotatable bonds is 8. The molecule has 10 rings (SSSR count). The quantitative estimate of drug-likeness (QED) is 0.138. The van der Waals surface area contributed by atoms with Crippen molar-refractivity contribution in [1.29, 1.82) is 0 Å². The van der Waals surface area contributed by atoms with Gasteiger partial charge >= 0.3 is 11.9 Å². The SMILES string of the molecule is O=C(OCc1ccccc1)c1c2cc(N=C3C(=O)C4CCCCC4C3=O)sc2c(C(=O)OCc2ccccc2)c2c1sc1cc(N=C3C(=O)C4CCCCC4C3=O)sc12. The second-order valence-electron chi connectivity index (χ2n) is 15.7. The lowest BCUT2D eigenvalue weighted by Crippen LogP contribution is -2.21. The number of hydrogen-bond donors (Lipinski definition) is 0. The van der Waals surface area contributed by atoms with Crippen molar-refractivity contribution >= 4 is 120 Å². The average Bonchev–Trinajstić information content (AvgIpc) is 4.05. The number of aliphatic imine (C=N–C) groups is 2. The minimum absolute atomic E-state index is 0.0000316. The zero-order valence-corrected chi connectivity index (χ0v) is 34.1. The first-order valence-electron chi connectivity index (χ1n) is 20.0. The summed E-state index contributed by atoms with van der Waals surface area (Å²) in [4.78, 5) is 92.2. The number of carbonyl (C=O) groups is 6. The molecule has 3 aromatic carbocycles. The van der Waals surface area contributed by atoms with E-state index in [4.69, 9.17) is 9.47 Å². The summed E-state index contributed by atoms with van der Waals surface area (Å²) in [6.07, 6.45) is 6.26. The van der Waals surface area contributed by atoms with Crippen molar-refractivity contribution < 1.29 is 38.2 Å². The highest BCUT2D eigenvalue weighted by atomic mass is 32.1. The van der Waals surface area contributed by atoms with E-state index in [9.17, 15) is 28.8 Å². The van der Waals surface area contributed by atoms with Crippen molar-refractivity contribution in [3.05, 3.63) is 95.1 Å². The molecule has 4 aliphatic rings. The van der Waals surface area contributed by atoms with E-state index in [1.165, 1.54) is 22.7 Å². The highest BCUT2D eigenvalue weighted by Crippen LogP contribution is 2.51. The fourth-order valence-corrected chi connectivity index (χ4v) is 12.9. The molecule has 296 valence electrons. The zero-order valence-electron chi connectivity index (χ0n) is 31.7. The van der Waals surface area contributed by atoms with E-state index in [0.717, 1.165) is 48.1 Å². The summed E-state index contributed by atoms with van der Waals surface area (Å²) in [6.45, 7) is -0.0148. The third-order valence-electron chi connectivity index (χ3n) is 12.1. The summed E-state index contributed by atoms with van der Waals surface area (Å²) >= 11 is 3.62.